The molecule has 1 fully saturated rings. The van der Waals surface area contributed by atoms with Gasteiger partial charge in [-0.2, -0.15) is 5.26 Å². The van der Waals surface area contributed by atoms with Crippen LogP contribution in [-0.4, -0.2) is 13.2 Å². The number of hydrogen-bond acceptors (Lipinski definition) is 3. The Kier molecular flexibility index (Phi) is 2.48. The highest BCUT2D eigenvalue weighted by Gasteiger charge is 2.46. The van der Waals surface area contributed by atoms with E-state index in [4.69, 9.17) is 14.7 Å². The molecule has 94 valence electrons. The van der Waals surface area contributed by atoms with E-state index in [0.717, 1.165) is 29.5 Å². The summed E-state index contributed by atoms with van der Waals surface area (Å²) >= 11 is 0. The number of ether oxygens (including phenoxy) is 2. The lowest BCUT2D eigenvalue weighted by Gasteiger charge is -2.42. The third-order valence-corrected chi connectivity index (χ3v) is 3.80. The maximum absolute atomic E-state index is 9.14. The van der Waals surface area contributed by atoms with Gasteiger partial charge in [-0.3, -0.25) is 0 Å². The van der Waals surface area contributed by atoms with Gasteiger partial charge in [-0.25, -0.2) is 0 Å². The Balaban J connectivity index is 1.99. The van der Waals surface area contributed by atoms with Crippen LogP contribution in [0, 0.1) is 16.7 Å². The van der Waals surface area contributed by atoms with E-state index in [2.05, 4.69) is 19.9 Å². The maximum Gasteiger partial charge on any atom is 0.195 e. The van der Waals surface area contributed by atoms with E-state index < -0.39 is 5.79 Å². The van der Waals surface area contributed by atoms with Crippen molar-refractivity contribution < 1.29 is 9.47 Å². The van der Waals surface area contributed by atoms with E-state index in [1.54, 1.807) is 0 Å². The molecule has 3 nitrogen and oxygen atoms in total. The van der Waals surface area contributed by atoms with Crippen LogP contribution in [0.2, 0.25) is 0 Å². The van der Waals surface area contributed by atoms with E-state index in [0.29, 0.717) is 13.2 Å². The molecular formula is C15H17NO2. The van der Waals surface area contributed by atoms with Gasteiger partial charge < -0.3 is 9.47 Å². The van der Waals surface area contributed by atoms with Gasteiger partial charge in [0.25, 0.3) is 0 Å². The third-order valence-electron chi connectivity index (χ3n) is 3.80. The highest BCUT2D eigenvalue weighted by Crippen LogP contribution is 2.46. The minimum Gasteiger partial charge on any atom is -0.345 e. The average Bonchev–Trinajstić information content (AvgIpc) is 2.73. The molecule has 2 aliphatic rings. The molecule has 3 heteroatoms. The Morgan fingerprint density at radius 3 is 2.61 bits per heavy atom. The highest BCUT2D eigenvalue weighted by atomic mass is 16.7. The van der Waals surface area contributed by atoms with Crippen LogP contribution in [0.5, 0.6) is 0 Å². The molecule has 1 aromatic rings. The first kappa shape index (κ1) is 11.7. The van der Waals surface area contributed by atoms with Crippen molar-refractivity contribution in [3.63, 3.8) is 0 Å². The van der Waals surface area contributed by atoms with Crippen molar-refractivity contribution in [2.24, 2.45) is 5.41 Å². The molecule has 0 unspecified atom stereocenters. The zero-order valence-corrected chi connectivity index (χ0v) is 10.8. The lowest BCUT2D eigenvalue weighted by Crippen LogP contribution is -2.44. The second-order valence-corrected chi connectivity index (χ2v) is 5.94. The predicted octanol–water partition coefficient (Wildman–Crippen LogP) is 2.73. The third kappa shape index (κ3) is 1.65. The number of nitrogens with zero attached hydrogens (tertiary/aromatic N) is 1. The Hall–Kier alpha value is -1.37. The van der Waals surface area contributed by atoms with E-state index in [9.17, 15) is 0 Å². The number of rotatable bonds is 0. The van der Waals surface area contributed by atoms with Gasteiger partial charge in [0.1, 0.15) is 0 Å². The lowest BCUT2D eigenvalue weighted by atomic mass is 9.93. The maximum atomic E-state index is 9.14. The molecule has 0 N–H and O–H groups in total. The molecule has 18 heavy (non-hydrogen) atoms. The summed E-state index contributed by atoms with van der Waals surface area (Å²) in [5.41, 5.74) is 2.97. The fraction of sp³-hybridized carbons (Fsp3) is 0.533. The summed E-state index contributed by atoms with van der Waals surface area (Å²) in [5, 5.41) is 9.14. The highest BCUT2D eigenvalue weighted by molar-refractivity contribution is 5.47. The second-order valence-electron chi connectivity index (χ2n) is 5.94. The SMILES string of the molecule is CC1(C)COC2(CCc3c(C#N)cccc32)OC1. The zero-order valence-electron chi connectivity index (χ0n) is 10.8. The fourth-order valence-electron chi connectivity index (χ4n) is 2.75. The van der Waals surface area contributed by atoms with Gasteiger partial charge in [0.2, 0.25) is 0 Å². The molecule has 0 aromatic heterocycles. The topological polar surface area (TPSA) is 42.2 Å². The lowest BCUT2D eigenvalue weighted by molar-refractivity contribution is -0.306. The first-order chi connectivity index (χ1) is 8.56. The van der Waals surface area contributed by atoms with Crippen LogP contribution >= 0.6 is 0 Å². The van der Waals surface area contributed by atoms with Crippen molar-refractivity contribution in [3.05, 3.63) is 34.9 Å². The first-order valence-electron chi connectivity index (χ1n) is 6.37. The van der Waals surface area contributed by atoms with Crippen molar-refractivity contribution >= 4 is 0 Å². The van der Waals surface area contributed by atoms with Crippen molar-refractivity contribution in [1.82, 2.24) is 0 Å². The van der Waals surface area contributed by atoms with Crippen molar-refractivity contribution in [3.8, 4) is 6.07 Å². The second kappa shape index (κ2) is 3.81. The first-order valence-corrected chi connectivity index (χ1v) is 6.37. The molecule has 1 saturated heterocycles. The number of nitriles is 1. The van der Waals surface area contributed by atoms with Gasteiger partial charge in [0, 0.05) is 17.4 Å². The molecule has 0 bridgehead atoms. The minimum absolute atomic E-state index is 0.0703. The Morgan fingerprint density at radius 1 is 1.22 bits per heavy atom. The molecule has 3 rings (SSSR count). The Bertz CT molecular complexity index is 518. The molecule has 1 heterocycles. The zero-order chi connectivity index (χ0) is 12.8. The Morgan fingerprint density at radius 2 is 1.94 bits per heavy atom. The minimum atomic E-state index is -0.599. The largest absolute Gasteiger partial charge is 0.345 e. The summed E-state index contributed by atoms with van der Waals surface area (Å²) < 4.78 is 12.1. The van der Waals surface area contributed by atoms with E-state index in [-0.39, 0.29) is 5.41 Å². The average molecular weight is 243 g/mol. The van der Waals surface area contributed by atoms with Crippen LogP contribution in [0.15, 0.2) is 18.2 Å². The van der Waals surface area contributed by atoms with Crippen LogP contribution in [-0.2, 0) is 21.7 Å². The molecule has 1 aliphatic carbocycles. The van der Waals surface area contributed by atoms with Crippen molar-refractivity contribution in [1.29, 1.82) is 5.26 Å². The van der Waals surface area contributed by atoms with E-state index in [1.807, 2.05) is 18.2 Å². The fourth-order valence-corrected chi connectivity index (χ4v) is 2.75. The van der Waals surface area contributed by atoms with Gasteiger partial charge in [-0.05, 0) is 18.1 Å². The summed E-state index contributed by atoms with van der Waals surface area (Å²) in [6.07, 6.45) is 1.68. The smallest absolute Gasteiger partial charge is 0.195 e. The van der Waals surface area contributed by atoms with E-state index in [1.165, 1.54) is 0 Å². The van der Waals surface area contributed by atoms with Gasteiger partial charge >= 0.3 is 0 Å². The van der Waals surface area contributed by atoms with Crippen LogP contribution in [0.3, 0.4) is 0 Å². The summed E-state index contributed by atoms with van der Waals surface area (Å²) in [4.78, 5) is 0. The number of fused-ring (bicyclic) bond motifs is 2. The quantitative estimate of drug-likeness (QED) is 0.703. The predicted molar refractivity (Wildman–Crippen MR) is 66.8 cm³/mol. The van der Waals surface area contributed by atoms with Gasteiger partial charge in [0.15, 0.2) is 5.79 Å². The summed E-state index contributed by atoms with van der Waals surface area (Å²) in [6, 6.07) is 8.06. The van der Waals surface area contributed by atoms with E-state index >= 15 is 0 Å². The van der Waals surface area contributed by atoms with Crippen molar-refractivity contribution in [2.75, 3.05) is 13.2 Å². The Labute approximate surface area is 107 Å². The molecule has 0 amide bonds. The summed E-state index contributed by atoms with van der Waals surface area (Å²) in [6.45, 7) is 5.68. The van der Waals surface area contributed by atoms with Crippen molar-refractivity contribution in [2.45, 2.75) is 32.5 Å². The molecular weight excluding hydrogens is 226 g/mol. The number of benzene rings is 1. The molecule has 1 spiro atoms. The van der Waals surface area contributed by atoms with Crippen LogP contribution < -0.4 is 0 Å². The molecule has 0 radical (unpaired) electrons. The van der Waals surface area contributed by atoms with Gasteiger partial charge in [0.05, 0.1) is 24.8 Å². The standard InChI is InChI=1S/C15H17NO2/c1-14(2)9-17-15(18-10-14)7-6-12-11(8-16)4-3-5-13(12)15/h3-5H,6-7,9-10H2,1-2H3. The van der Waals surface area contributed by atoms with Crippen LogP contribution in [0.1, 0.15) is 37.0 Å². The van der Waals surface area contributed by atoms with Gasteiger partial charge in [-0.1, -0.05) is 26.0 Å². The molecule has 0 saturated carbocycles. The summed E-state index contributed by atoms with van der Waals surface area (Å²) in [7, 11) is 0. The summed E-state index contributed by atoms with van der Waals surface area (Å²) in [5.74, 6) is -0.599. The molecule has 1 aliphatic heterocycles. The van der Waals surface area contributed by atoms with Crippen LogP contribution in [0.4, 0.5) is 0 Å². The molecule has 0 atom stereocenters. The van der Waals surface area contributed by atoms with Gasteiger partial charge in [-0.15, -0.1) is 0 Å². The molecule has 1 aromatic carbocycles. The number of hydrogen-bond donors (Lipinski definition) is 0. The normalized spacial score (nSPS) is 23.6. The monoisotopic (exact) mass is 243 g/mol. The van der Waals surface area contributed by atoms with Crippen LogP contribution in [0.25, 0.3) is 0 Å².